The summed E-state index contributed by atoms with van der Waals surface area (Å²) >= 11 is 0. The van der Waals surface area contributed by atoms with Gasteiger partial charge in [-0.1, -0.05) is 6.42 Å². The van der Waals surface area contributed by atoms with Gasteiger partial charge in [-0.25, -0.2) is 0 Å². The van der Waals surface area contributed by atoms with Crippen molar-refractivity contribution in [2.24, 2.45) is 16.7 Å². The van der Waals surface area contributed by atoms with Crippen molar-refractivity contribution in [1.29, 1.82) is 15.8 Å². The van der Waals surface area contributed by atoms with Crippen LogP contribution in [0.4, 0.5) is 0 Å². The fourth-order valence-electron chi connectivity index (χ4n) is 4.91. The summed E-state index contributed by atoms with van der Waals surface area (Å²) in [4.78, 5) is 12.9. The van der Waals surface area contributed by atoms with Crippen LogP contribution in [-0.4, -0.2) is 11.6 Å². The fourth-order valence-corrected chi connectivity index (χ4v) is 4.91. The van der Waals surface area contributed by atoms with Crippen LogP contribution in [0, 0.1) is 50.7 Å². The first kappa shape index (κ1) is 14.8. The molecule has 2 saturated heterocycles. The third-order valence-corrected chi connectivity index (χ3v) is 5.94. The monoisotopic (exact) mass is 321 g/mol. The van der Waals surface area contributed by atoms with E-state index in [0.29, 0.717) is 18.6 Å². The minimum atomic E-state index is -1.86. The summed E-state index contributed by atoms with van der Waals surface area (Å²) in [5.74, 6) is -0.555. The normalized spacial score (nSPS) is 39.0. The SMILES string of the molecule is N#CC1(C#N)[C@H](c2ccco2)N[C@@]23CCCC[C@H]2[C@]1(C#N)C(=O)N3. The number of hydrogen-bond acceptors (Lipinski definition) is 6. The molecule has 0 spiro atoms. The molecule has 0 aromatic carbocycles. The van der Waals surface area contributed by atoms with Crippen LogP contribution in [0.15, 0.2) is 22.8 Å². The standard InChI is InChI=1S/C17H15N5O2/c18-8-15(9-19)13(11-4-3-7-24-11)21-17-6-2-1-5-12(17)16(15,10-20)14(23)22-17/h3-4,7,12-13,21H,1-2,5-6H2,(H,22,23)/t12-,13-,16+,17+/m0/s1. The minimum absolute atomic E-state index is 0.387. The van der Waals surface area contributed by atoms with Gasteiger partial charge in [0.15, 0.2) is 10.8 Å². The second kappa shape index (κ2) is 4.60. The molecule has 3 aliphatic rings. The molecular formula is C17H15N5O2. The van der Waals surface area contributed by atoms with Crippen LogP contribution in [0.3, 0.4) is 0 Å². The predicted molar refractivity (Wildman–Crippen MR) is 79.1 cm³/mol. The molecule has 120 valence electrons. The molecule has 0 unspecified atom stereocenters. The van der Waals surface area contributed by atoms with Gasteiger partial charge in [-0.15, -0.1) is 0 Å². The quantitative estimate of drug-likeness (QED) is 0.807. The number of amides is 1. The largest absolute Gasteiger partial charge is 0.468 e. The van der Waals surface area contributed by atoms with Crippen molar-refractivity contribution in [1.82, 2.24) is 10.6 Å². The molecule has 1 aromatic rings. The molecule has 2 bridgehead atoms. The maximum atomic E-state index is 12.9. The van der Waals surface area contributed by atoms with E-state index < -0.39 is 34.4 Å². The Labute approximate surface area is 138 Å². The Morgan fingerprint density at radius 1 is 1.21 bits per heavy atom. The van der Waals surface area contributed by atoms with Crippen molar-refractivity contribution >= 4 is 5.91 Å². The van der Waals surface area contributed by atoms with Gasteiger partial charge in [0.1, 0.15) is 11.8 Å². The van der Waals surface area contributed by atoms with Crippen molar-refractivity contribution in [2.45, 2.75) is 37.4 Å². The van der Waals surface area contributed by atoms with Gasteiger partial charge in [-0.3, -0.25) is 10.1 Å². The third-order valence-electron chi connectivity index (χ3n) is 5.94. The average Bonchev–Trinajstić information content (AvgIpc) is 3.19. The molecule has 0 radical (unpaired) electrons. The highest BCUT2D eigenvalue weighted by Gasteiger charge is 2.79. The van der Waals surface area contributed by atoms with Crippen LogP contribution in [0.2, 0.25) is 0 Å². The average molecular weight is 321 g/mol. The molecule has 1 aliphatic carbocycles. The molecule has 1 aromatic heterocycles. The molecule has 2 aliphatic heterocycles. The Morgan fingerprint density at radius 2 is 2.00 bits per heavy atom. The van der Waals surface area contributed by atoms with Gasteiger partial charge in [0.05, 0.1) is 30.1 Å². The van der Waals surface area contributed by atoms with Crippen LogP contribution >= 0.6 is 0 Å². The summed E-state index contributed by atoms with van der Waals surface area (Å²) in [6, 6.07) is 8.61. The summed E-state index contributed by atoms with van der Waals surface area (Å²) in [5, 5.41) is 36.2. The number of rotatable bonds is 1. The van der Waals surface area contributed by atoms with Crippen molar-refractivity contribution in [3.8, 4) is 18.2 Å². The molecule has 7 nitrogen and oxygen atoms in total. The van der Waals surface area contributed by atoms with Crippen LogP contribution < -0.4 is 10.6 Å². The number of furan rings is 1. The van der Waals surface area contributed by atoms with E-state index in [-0.39, 0.29) is 0 Å². The molecular weight excluding hydrogens is 306 g/mol. The first-order chi connectivity index (χ1) is 11.6. The number of nitriles is 3. The molecule has 4 rings (SSSR count). The summed E-state index contributed by atoms with van der Waals surface area (Å²) in [6.45, 7) is 0. The first-order valence-electron chi connectivity index (χ1n) is 7.98. The maximum absolute atomic E-state index is 12.9. The van der Waals surface area contributed by atoms with E-state index in [1.165, 1.54) is 6.26 Å². The summed E-state index contributed by atoms with van der Waals surface area (Å²) < 4.78 is 5.44. The van der Waals surface area contributed by atoms with Crippen molar-refractivity contribution < 1.29 is 9.21 Å². The van der Waals surface area contributed by atoms with Gasteiger partial charge in [-0.05, 0) is 31.4 Å². The predicted octanol–water partition coefficient (Wildman–Crippen LogP) is 1.48. The van der Waals surface area contributed by atoms with E-state index in [4.69, 9.17) is 4.42 Å². The van der Waals surface area contributed by atoms with Gasteiger partial charge in [0, 0.05) is 5.92 Å². The second-order valence-corrected chi connectivity index (χ2v) is 6.77. The van der Waals surface area contributed by atoms with Gasteiger partial charge < -0.3 is 9.73 Å². The maximum Gasteiger partial charge on any atom is 0.245 e. The van der Waals surface area contributed by atoms with Gasteiger partial charge in [0.25, 0.3) is 0 Å². The molecule has 1 saturated carbocycles. The zero-order chi connectivity index (χ0) is 17.0. The zero-order valence-electron chi connectivity index (χ0n) is 12.9. The molecule has 1 amide bonds. The molecule has 3 heterocycles. The highest BCUT2D eigenvalue weighted by Crippen LogP contribution is 2.64. The van der Waals surface area contributed by atoms with Crippen LogP contribution in [0.1, 0.15) is 37.5 Å². The first-order valence-corrected chi connectivity index (χ1v) is 7.98. The Balaban J connectivity index is 2.02. The molecule has 2 N–H and O–H groups in total. The molecule has 3 fully saturated rings. The van der Waals surface area contributed by atoms with Crippen molar-refractivity contribution in [3.05, 3.63) is 24.2 Å². The second-order valence-electron chi connectivity index (χ2n) is 6.77. The van der Waals surface area contributed by atoms with Crippen molar-refractivity contribution in [2.75, 3.05) is 0 Å². The molecule has 4 atom stereocenters. The summed E-state index contributed by atoms with van der Waals surface area (Å²) in [7, 11) is 0. The Kier molecular flexibility index (Phi) is 2.83. The number of piperidine rings is 1. The zero-order valence-corrected chi connectivity index (χ0v) is 12.9. The Morgan fingerprint density at radius 3 is 2.62 bits per heavy atom. The van der Waals surface area contributed by atoms with E-state index in [1.807, 2.05) is 12.1 Å². The lowest BCUT2D eigenvalue weighted by Crippen LogP contribution is -2.68. The Bertz CT molecular complexity index is 813. The lowest BCUT2D eigenvalue weighted by Gasteiger charge is -2.53. The Hall–Kier alpha value is -2.82. The fraction of sp³-hybridized carbons (Fsp3) is 0.529. The highest BCUT2D eigenvalue weighted by atomic mass is 16.3. The van der Waals surface area contributed by atoms with Gasteiger partial charge >= 0.3 is 0 Å². The van der Waals surface area contributed by atoms with Gasteiger partial charge in [0.2, 0.25) is 5.91 Å². The number of carbonyl (C=O) groups is 1. The van der Waals surface area contributed by atoms with E-state index in [1.54, 1.807) is 12.1 Å². The number of nitrogens with zero attached hydrogens (tertiary/aromatic N) is 3. The van der Waals surface area contributed by atoms with Gasteiger partial charge in [-0.2, -0.15) is 15.8 Å². The topological polar surface area (TPSA) is 126 Å². The van der Waals surface area contributed by atoms with Crippen LogP contribution in [0.25, 0.3) is 0 Å². The minimum Gasteiger partial charge on any atom is -0.468 e. The van der Waals surface area contributed by atoms with E-state index in [9.17, 15) is 20.6 Å². The molecule has 24 heavy (non-hydrogen) atoms. The number of hydrogen-bond donors (Lipinski definition) is 2. The number of carbonyl (C=O) groups excluding carboxylic acids is 1. The summed E-state index contributed by atoms with van der Waals surface area (Å²) in [6.07, 6.45) is 4.51. The van der Waals surface area contributed by atoms with Crippen LogP contribution in [-0.2, 0) is 4.79 Å². The lowest BCUT2D eigenvalue weighted by atomic mass is 9.50. The molecule has 7 heteroatoms. The highest BCUT2D eigenvalue weighted by molar-refractivity contribution is 5.92. The van der Waals surface area contributed by atoms with E-state index in [2.05, 4.69) is 16.7 Å². The smallest absolute Gasteiger partial charge is 0.245 e. The van der Waals surface area contributed by atoms with E-state index in [0.717, 1.165) is 12.8 Å². The van der Waals surface area contributed by atoms with E-state index >= 15 is 0 Å². The lowest BCUT2D eigenvalue weighted by molar-refractivity contribution is -0.130. The van der Waals surface area contributed by atoms with Crippen molar-refractivity contribution in [3.63, 3.8) is 0 Å². The summed E-state index contributed by atoms with van der Waals surface area (Å²) in [5.41, 5.74) is -4.33. The number of nitrogens with one attached hydrogen (secondary N) is 2. The van der Waals surface area contributed by atoms with Crippen LogP contribution in [0.5, 0.6) is 0 Å². The third kappa shape index (κ3) is 1.36.